The quantitative estimate of drug-likeness (QED) is 0.643. The zero-order valence-electron chi connectivity index (χ0n) is 15.0. The van der Waals surface area contributed by atoms with Gasteiger partial charge in [0.05, 0.1) is 31.1 Å². The smallest absolute Gasteiger partial charge is 0.224 e. The molecule has 3 aromatic rings. The zero-order chi connectivity index (χ0) is 19.2. The second kappa shape index (κ2) is 8.60. The Bertz CT molecular complexity index is 939. The van der Waals surface area contributed by atoms with Crippen LogP contribution in [0.2, 0.25) is 5.02 Å². The van der Waals surface area contributed by atoms with Gasteiger partial charge in [0.25, 0.3) is 0 Å². The molecule has 0 spiro atoms. The molecule has 7 heteroatoms. The molecule has 27 heavy (non-hydrogen) atoms. The summed E-state index contributed by atoms with van der Waals surface area (Å²) >= 11 is 6.16. The molecule has 0 atom stereocenters. The van der Waals surface area contributed by atoms with Gasteiger partial charge in [0, 0.05) is 24.5 Å². The van der Waals surface area contributed by atoms with Crippen LogP contribution in [0.3, 0.4) is 0 Å². The number of anilines is 1. The van der Waals surface area contributed by atoms with Gasteiger partial charge in [-0.2, -0.15) is 0 Å². The minimum Gasteiger partial charge on any atom is -0.497 e. The average Bonchev–Trinajstić information content (AvgIpc) is 3.16. The number of amides is 1. The molecule has 1 amide bonds. The number of aromatic nitrogens is 1. The maximum Gasteiger partial charge on any atom is 0.224 e. The van der Waals surface area contributed by atoms with Crippen LogP contribution in [0.25, 0.3) is 11.3 Å². The van der Waals surface area contributed by atoms with Crippen molar-refractivity contribution in [1.82, 2.24) is 4.98 Å². The fraction of sp³-hybridized carbons (Fsp3) is 0.200. The number of carbonyl (C=O) groups is 1. The van der Waals surface area contributed by atoms with Gasteiger partial charge in [0.2, 0.25) is 5.91 Å². The number of aryl methyl sites for hydroxylation is 1. The molecule has 0 radical (unpaired) electrons. The second-order valence-corrected chi connectivity index (χ2v) is 6.12. The summed E-state index contributed by atoms with van der Waals surface area (Å²) in [6, 6.07) is 12.6. The van der Waals surface area contributed by atoms with E-state index in [1.807, 2.05) is 18.2 Å². The molecule has 1 N–H and O–H groups in total. The predicted molar refractivity (Wildman–Crippen MR) is 103 cm³/mol. The molecular formula is C20H19ClN2O4. The van der Waals surface area contributed by atoms with Crippen molar-refractivity contribution in [2.45, 2.75) is 12.8 Å². The Hall–Kier alpha value is -2.99. The minimum atomic E-state index is -0.170. The van der Waals surface area contributed by atoms with E-state index in [0.29, 0.717) is 40.3 Å². The third-order valence-electron chi connectivity index (χ3n) is 3.94. The van der Waals surface area contributed by atoms with Gasteiger partial charge in [-0.05, 0) is 24.3 Å². The van der Waals surface area contributed by atoms with Gasteiger partial charge in [0.1, 0.15) is 11.5 Å². The predicted octanol–water partition coefficient (Wildman–Crippen LogP) is 4.58. The number of methoxy groups -OCH3 is 2. The van der Waals surface area contributed by atoms with E-state index in [0.717, 1.165) is 5.56 Å². The second-order valence-electron chi connectivity index (χ2n) is 5.71. The Morgan fingerprint density at radius 3 is 2.74 bits per heavy atom. The largest absolute Gasteiger partial charge is 0.497 e. The maximum absolute atomic E-state index is 12.3. The fourth-order valence-corrected chi connectivity index (χ4v) is 2.78. The highest BCUT2D eigenvalue weighted by atomic mass is 35.5. The summed E-state index contributed by atoms with van der Waals surface area (Å²) in [4.78, 5) is 16.5. The van der Waals surface area contributed by atoms with Crippen LogP contribution < -0.4 is 14.8 Å². The first kappa shape index (κ1) is 18.8. The van der Waals surface area contributed by atoms with Crippen LogP contribution in [-0.2, 0) is 11.2 Å². The number of hydrogen-bond acceptors (Lipinski definition) is 5. The van der Waals surface area contributed by atoms with Crippen molar-refractivity contribution in [2.24, 2.45) is 0 Å². The lowest BCUT2D eigenvalue weighted by molar-refractivity contribution is -0.116. The zero-order valence-corrected chi connectivity index (χ0v) is 15.7. The summed E-state index contributed by atoms with van der Waals surface area (Å²) in [5.41, 5.74) is 1.35. The third-order valence-corrected chi connectivity index (χ3v) is 4.27. The van der Waals surface area contributed by atoms with Crippen LogP contribution in [0.5, 0.6) is 11.5 Å². The molecular weight excluding hydrogens is 368 g/mol. The molecule has 6 nitrogen and oxygen atoms in total. The highest BCUT2D eigenvalue weighted by Gasteiger charge is 2.13. The summed E-state index contributed by atoms with van der Waals surface area (Å²) in [6.07, 6.45) is 2.20. The first-order chi connectivity index (χ1) is 13.1. The van der Waals surface area contributed by atoms with Crippen LogP contribution in [0.4, 0.5) is 5.69 Å². The van der Waals surface area contributed by atoms with E-state index in [-0.39, 0.29) is 12.3 Å². The normalized spacial score (nSPS) is 10.5. The van der Waals surface area contributed by atoms with Crippen molar-refractivity contribution in [3.63, 3.8) is 0 Å². The monoisotopic (exact) mass is 386 g/mol. The molecule has 0 unspecified atom stereocenters. The van der Waals surface area contributed by atoms with E-state index in [1.54, 1.807) is 37.6 Å². The first-order valence-corrected chi connectivity index (χ1v) is 8.70. The van der Waals surface area contributed by atoms with Gasteiger partial charge < -0.3 is 19.2 Å². The highest BCUT2D eigenvalue weighted by Crippen LogP contribution is 2.30. The number of ether oxygens (including phenoxy) is 2. The lowest BCUT2D eigenvalue weighted by atomic mass is 10.2. The summed E-state index contributed by atoms with van der Waals surface area (Å²) in [5.74, 6) is 2.06. The summed E-state index contributed by atoms with van der Waals surface area (Å²) in [6.45, 7) is 0. The Balaban J connectivity index is 1.61. The number of nitrogens with zero attached hydrogens (tertiary/aromatic N) is 1. The van der Waals surface area contributed by atoms with Crippen LogP contribution in [-0.4, -0.2) is 25.1 Å². The number of rotatable bonds is 7. The number of oxazole rings is 1. The molecule has 2 aromatic carbocycles. The van der Waals surface area contributed by atoms with Crippen LogP contribution in [0.15, 0.2) is 53.1 Å². The fourth-order valence-electron chi connectivity index (χ4n) is 2.55. The van der Waals surface area contributed by atoms with Crippen LogP contribution >= 0.6 is 11.6 Å². The molecule has 1 heterocycles. The SMILES string of the molecule is COc1ccc(NC(=O)CCc2ncc(-c3ccccc3Cl)o2)c(OC)c1. The van der Waals surface area contributed by atoms with Crippen molar-refractivity contribution in [3.8, 4) is 22.8 Å². The highest BCUT2D eigenvalue weighted by molar-refractivity contribution is 6.33. The van der Waals surface area contributed by atoms with Crippen LogP contribution in [0.1, 0.15) is 12.3 Å². The van der Waals surface area contributed by atoms with E-state index in [9.17, 15) is 4.79 Å². The number of hydrogen-bond donors (Lipinski definition) is 1. The van der Waals surface area contributed by atoms with E-state index < -0.39 is 0 Å². The molecule has 140 valence electrons. The van der Waals surface area contributed by atoms with E-state index in [4.69, 9.17) is 25.5 Å². The number of nitrogens with one attached hydrogen (secondary N) is 1. The van der Waals surface area contributed by atoms with Crippen molar-refractivity contribution in [3.05, 3.63) is 59.6 Å². The molecule has 3 rings (SSSR count). The minimum absolute atomic E-state index is 0.170. The standard InChI is InChI=1S/C20H19ClN2O4/c1-25-13-7-8-16(17(11-13)26-2)23-19(24)9-10-20-22-12-18(27-20)14-5-3-4-6-15(14)21/h3-8,11-12H,9-10H2,1-2H3,(H,23,24). The van der Waals surface area contributed by atoms with Gasteiger partial charge in [-0.1, -0.05) is 23.7 Å². The van der Waals surface area contributed by atoms with E-state index in [2.05, 4.69) is 10.3 Å². The topological polar surface area (TPSA) is 73.6 Å². The molecule has 0 saturated heterocycles. The Morgan fingerprint density at radius 1 is 1.19 bits per heavy atom. The number of benzene rings is 2. The van der Waals surface area contributed by atoms with E-state index in [1.165, 1.54) is 7.11 Å². The third kappa shape index (κ3) is 4.60. The molecule has 0 aliphatic heterocycles. The van der Waals surface area contributed by atoms with Gasteiger partial charge in [0.15, 0.2) is 11.7 Å². The lowest BCUT2D eigenvalue weighted by Gasteiger charge is -2.11. The van der Waals surface area contributed by atoms with Crippen molar-refractivity contribution in [2.75, 3.05) is 19.5 Å². The summed E-state index contributed by atoms with van der Waals surface area (Å²) in [5, 5.41) is 3.41. The molecule has 1 aromatic heterocycles. The van der Waals surface area contributed by atoms with Crippen LogP contribution in [0, 0.1) is 0 Å². The summed E-state index contributed by atoms with van der Waals surface area (Å²) in [7, 11) is 3.10. The van der Waals surface area contributed by atoms with Crippen molar-refractivity contribution in [1.29, 1.82) is 0 Å². The van der Waals surface area contributed by atoms with Gasteiger partial charge in [-0.15, -0.1) is 0 Å². The molecule has 0 bridgehead atoms. The Morgan fingerprint density at radius 2 is 2.00 bits per heavy atom. The number of halogens is 1. The van der Waals surface area contributed by atoms with Gasteiger partial charge in [-0.3, -0.25) is 4.79 Å². The van der Waals surface area contributed by atoms with E-state index >= 15 is 0 Å². The van der Waals surface area contributed by atoms with Crippen molar-refractivity contribution >= 4 is 23.2 Å². The summed E-state index contributed by atoms with van der Waals surface area (Å²) < 4.78 is 16.1. The molecule has 0 fully saturated rings. The Labute approximate surface area is 162 Å². The Kier molecular flexibility index (Phi) is 5.98. The lowest BCUT2D eigenvalue weighted by Crippen LogP contribution is -2.13. The van der Waals surface area contributed by atoms with Crippen molar-refractivity contribution < 1.29 is 18.7 Å². The molecule has 0 aliphatic carbocycles. The van der Waals surface area contributed by atoms with Gasteiger partial charge >= 0.3 is 0 Å². The first-order valence-electron chi connectivity index (χ1n) is 8.32. The average molecular weight is 387 g/mol. The number of carbonyl (C=O) groups excluding carboxylic acids is 1. The molecule has 0 saturated carbocycles. The maximum atomic E-state index is 12.3. The van der Waals surface area contributed by atoms with Gasteiger partial charge in [-0.25, -0.2) is 4.98 Å². The molecule has 0 aliphatic rings.